The molecule has 1 aliphatic heterocycles. The van der Waals surface area contributed by atoms with Gasteiger partial charge in [-0.2, -0.15) is 0 Å². The lowest BCUT2D eigenvalue weighted by molar-refractivity contribution is 0.0936. The highest BCUT2D eigenvalue weighted by Crippen LogP contribution is 2.10. The molecule has 1 aliphatic rings. The van der Waals surface area contributed by atoms with Gasteiger partial charge in [0.25, 0.3) is 5.91 Å². The molecule has 86 valence electrons. The average Bonchev–Trinajstić information content (AvgIpc) is 2.74. The van der Waals surface area contributed by atoms with Gasteiger partial charge in [0.1, 0.15) is 5.82 Å². The largest absolute Gasteiger partial charge is 0.348 e. The first-order chi connectivity index (χ1) is 7.66. The Bertz CT molecular complexity index is 400. The highest BCUT2D eigenvalue weighted by Gasteiger charge is 2.19. The third kappa shape index (κ3) is 2.39. The number of nitrogens with one attached hydrogen (secondary N) is 2. The molecule has 0 bridgehead atoms. The standard InChI is InChI=1S/C12H15FN2O/c1-8-2-3-11(13)10(6-8)12(16)15-9-4-5-14-7-9/h2-3,6,9,14H,4-5,7H2,1H3,(H,15,16). The van der Waals surface area contributed by atoms with E-state index in [4.69, 9.17) is 0 Å². The van der Waals surface area contributed by atoms with E-state index >= 15 is 0 Å². The van der Waals surface area contributed by atoms with E-state index in [1.54, 1.807) is 12.1 Å². The van der Waals surface area contributed by atoms with Crippen molar-refractivity contribution < 1.29 is 9.18 Å². The van der Waals surface area contributed by atoms with E-state index in [9.17, 15) is 9.18 Å². The summed E-state index contributed by atoms with van der Waals surface area (Å²) in [4.78, 5) is 11.8. The third-order valence-electron chi connectivity index (χ3n) is 2.76. The van der Waals surface area contributed by atoms with Gasteiger partial charge in [-0.25, -0.2) is 4.39 Å². The summed E-state index contributed by atoms with van der Waals surface area (Å²) in [5.74, 6) is -0.788. The van der Waals surface area contributed by atoms with Crippen LogP contribution in [0.15, 0.2) is 18.2 Å². The Kier molecular flexibility index (Phi) is 3.19. The summed E-state index contributed by atoms with van der Waals surface area (Å²) in [5.41, 5.74) is 1.02. The second-order valence-corrected chi connectivity index (χ2v) is 4.15. The van der Waals surface area contributed by atoms with Crippen molar-refractivity contribution in [2.24, 2.45) is 0 Å². The highest BCUT2D eigenvalue weighted by atomic mass is 19.1. The molecule has 0 spiro atoms. The van der Waals surface area contributed by atoms with Crippen molar-refractivity contribution in [3.8, 4) is 0 Å². The molecule has 0 aliphatic carbocycles. The van der Waals surface area contributed by atoms with Crippen LogP contribution >= 0.6 is 0 Å². The number of halogens is 1. The number of carbonyl (C=O) groups is 1. The predicted octanol–water partition coefficient (Wildman–Crippen LogP) is 1.23. The molecule has 1 fully saturated rings. The monoisotopic (exact) mass is 222 g/mol. The topological polar surface area (TPSA) is 41.1 Å². The van der Waals surface area contributed by atoms with E-state index in [1.165, 1.54) is 6.07 Å². The fourth-order valence-electron chi connectivity index (χ4n) is 1.85. The minimum Gasteiger partial charge on any atom is -0.348 e. The maximum absolute atomic E-state index is 13.4. The number of carbonyl (C=O) groups excluding carboxylic acids is 1. The molecule has 1 amide bonds. The summed E-state index contributed by atoms with van der Waals surface area (Å²) in [6.45, 7) is 3.51. The zero-order valence-electron chi connectivity index (χ0n) is 9.22. The Morgan fingerprint density at radius 2 is 2.38 bits per heavy atom. The van der Waals surface area contributed by atoms with Crippen LogP contribution in [0.1, 0.15) is 22.3 Å². The minimum absolute atomic E-state index is 0.118. The van der Waals surface area contributed by atoms with Crippen LogP contribution in [0, 0.1) is 12.7 Å². The van der Waals surface area contributed by atoms with Crippen LogP contribution in [0.25, 0.3) is 0 Å². The lowest BCUT2D eigenvalue weighted by Crippen LogP contribution is -2.36. The predicted molar refractivity (Wildman–Crippen MR) is 59.9 cm³/mol. The van der Waals surface area contributed by atoms with Gasteiger partial charge >= 0.3 is 0 Å². The van der Waals surface area contributed by atoms with Gasteiger partial charge in [-0.1, -0.05) is 11.6 Å². The minimum atomic E-state index is -0.464. The third-order valence-corrected chi connectivity index (χ3v) is 2.76. The van der Waals surface area contributed by atoms with Crippen molar-refractivity contribution >= 4 is 5.91 Å². The summed E-state index contributed by atoms with van der Waals surface area (Å²) in [6.07, 6.45) is 0.902. The van der Waals surface area contributed by atoms with Gasteiger partial charge in [-0.05, 0) is 32.0 Å². The molecule has 0 radical (unpaired) electrons. The normalized spacial score (nSPS) is 19.8. The summed E-state index contributed by atoms with van der Waals surface area (Å²) in [7, 11) is 0. The molecule has 1 aromatic carbocycles. The maximum atomic E-state index is 13.4. The summed E-state index contributed by atoms with van der Waals surface area (Å²) < 4.78 is 13.4. The molecule has 3 nitrogen and oxygen atoms in total. The smallest absolute Gasteiger partial charge is 0.254 e. The number of amides is 1. The number of hydrogen-bond acceptors (Lipinski definition) is 2. The Hall–Kier alpha value is -1.42. The van der Waals surface area contributed by atoms with E-state index in [-0.39, 0.29) is 17.5 Å². The van der Waals surface area contributed by atoms with Gasteiger partial charge in [-0.15, -0.1) is 0 Å². The zero-order chi connectivity index (χ0) is 11.5. The fourth-order valence-corrected chi connectivity index (χ4v) is 1.85. The molecular weight excluding hydrogens is 207 g/mol. The molecule has 2 rings (SSSR count). The Labute approximate surface area is 94.0 Å². The van der Waals surface area contributed by atoms with Gasteiger partial charge < -0.3 is 10.6 Å². The van der Waals surface area contributed by atoms with E-state index in [0.29, 0.717) is 0 Å². The van der Waals surface area contributed by atoms with Gasteiger partial charge in [0.2, 0.25) is 0 Å². The fraction of sp³-hybridized carbons (Fsp3) is 0.417. The quantitative estimate of drug-likeness (QED) is 0.790. The average molecular weight is 222 g/mol. The number of benzene rings is 1. The van der Waals surface area contributed by atoms with Crippen molar-refractivity contribution in [3.05, 3.63) is 35.1 Å². The number of hydrogen-bond donors (Lipinski definition) is 2. The van der Waals surface area contributed by atoms with Crippen molar-refractivity contribution in [3.63, 3.8) is 0 Å². The second-order valence-electron chi connectivity index (χ2n) is 4.15. The van der Waals surface area contributed by atoms with Crippen LogP contribution < -0.4 is 10.6 Å². The first-order valence-electron chi connectivity index (χ1n) is 5.44. The molecule has 2 N–H and O–H groups in total. The molecule has 16 heavy (non-hydrogen) atoms. The van der Waals surface area contributed by atoms with Gasteiger partial charge in [0, 0.05) is 12.6 Å². The molecule has 0 aromatic heterocycles. The molecular formula is C12H15FN2O. The number of rotatable bonds is 2. The van der Waals surface area contributed by atoms with E-state index in [1.807, 2.05) is 6.92 Å². The summed E-state index contributed by atoms with van der Waals surface area (Å²) >= 11 is 0. The zero-order valence-corrected chi connectivity index (χ0v) is 9.22. The molecule has 4 heteroatoms. The van der Waals surface area contributed by atoms with Crippen LogP contribution in [0.5, 0.6) is 0 Å². The Morgan fingerprint density at radius 1 is 1.56 bits per heavy atom. The molecule has 1 atom stereocenters. The molecule has 1 heterocycles. The van der Waals surface area contributed by atoms with Crippen LogP contribution in [0.2, 0.25) is 0 Å². The van der Waals surface area contributed by atoms with E-state index in [0.717, 1.165) is 25.1 Å². The summed E-state index contributed by atoms with van der Waals surface area (Å²) in [6, 6.07) is 4.68. The van der Waals surface area contributed by atoms with Gasteiger partial charge in [-0.3, -0.25) is 4.79 Å². The van der Waals surface area contributed by atoms with Crippen molar-refractivity contribution in [1.29, 1.82) is 0 Å². The molecule has 1 unspecified atom stereocenters. The van der Waals surface area contributed by atoms with Gasteiger partial charge in [0.15, 0.2) is 0 Å². The van der Waals surface area contributed by atoms with Crippen LogP contribution in [-0.2, 0) is 0 Å². The second kappa shape index (κ2) is 4.61. The number of aryl methyl sites for hydroxylation is 1. The van der Waals surface area contributed by atoms with Crippen molar-refractivity contribution in [2.75, 3.05) is 13.1 Å². The van der Waals surface area contributed by atoms with Crippen molar-refractivity contribution in [2.45, 2.75) is 19.4 Å². The lowest BCUT2D eigenvalue weighted by Gasteiger charge is -2.12. The van der Waals surface area contributed by atoms with E-state index in [2.05, 4.69) is 10.6 Å². The Balaban J connectivity index is 2.10. The first kappa shape index (κ1) is 11.1. The SMILES string of the molecule is Cc1ccc(F)c(C(=O)NC2CCNC2)c1. The van der Waals surface area contributed by atoms with Crippen LogP contribution in [0.4, 0.5) is 4.39 Å². The highest BCUT2D eigenvalue weighted by molar-refractivity contribution is 5.94. The van der Waals surface area contributed by atoms with Crippen LogP contribution in [0.3, 0.4) is 0 Å². The van der Waals surface area contributed by atoms with Crippen molar-refractivity contribution in [1.82, 2.24) is 10.6 Å². The first-order valence-corrected chi connectivity index (χ1v) is 5.44. The van der Waals surface area contributed by atoms with Gasteiger partial charge in [0.05, 0.1) is 5.56 Å². The van der Waals surface area contributed by atoms with E-state index < -0.39 is 5.82 Å². The maximum Gasteiger partial charge on any atom is 0.254 e. The molecule has 0 saturated carbocycles. The lowest BCUT2D eigenvalue weighted by atomic mass is 10.1. The Morgan fingerprint density at radius 3 is 3.06 bits per heavy atom. The molecule has 1 saturated heterocycles. The molecule has 1 aromatic rings. The summed E-state index contributed by atoms with van der Waals surface area (Å²) in [5, 5.41) is 5.97. The van der Waals surface area contributed by atoms with Crippen LogP contribution in [-0.4, -0.2) is 25.0 Å².